The molecule has 1 N–H and O–H groups in total. The molecule has 2 rings (SSSR count). The third kappa shape index (κ3) is 4.59. The lowest BCUT2D eigenvalue weighted by Gasteiger charge is -2.19. The molecule has 1 aliphatic heterocycles. The van der Waals surface area contributed by atoms with Gasteiger partial charge in [0.1, 0.15) is 5.75 Å². The standard InChI is InChI=1S/C14H18F3NOS/c1-2-18-13-9-20-8-11(13)7-10-3-5-12(6-4-10)19-14(15,16)17/h3-6,11,13,18H,2,7-9H2,1H3. The summed E-state index contributed by atoms with van der Waals surface area (Å²) in [4.78, 5) is 0. The number of rotatable bonds is 5. The van der Waals surface area contributed by atoms with Crippen molar-refractivity contribution in [2.45, 2.75) is 25.7 Å². The number of hydrogen-bond donors (Lipinski definition) is 1. The Morgan fingerprint density at radius 3 is 2.55 bits per heavy atom. The fourth-order valence-electron chi connectivity index (χ4n) is 2.42. The summed E-state index contributed by atoms with van der Waals surface area (Å²) < 4.78 is 40.1. The number of hydrogen-bond acceptors (Lipinski definition) is 3. The number of thioether (sulfide) groups is 1. The second-order valence-electron chi connectivity index (χ2n) is 4.86. The summed E-state index contributed by atoms with van der Waals surface area (Å²) in [6, 6.07) is 6.69. The highest BCUT2D eigenvalue weighted by molar-refractivity contribution is 7.99. The van der Waals surface area contributed by atoms with Crippen LogP contribution in [0, 0.1) is 5.92 Å². The Morgan fingerprint density at radius 2 is 1.95 bits per heavy atom. The zero-order valence-electron chi connectivity index (χ0n) is 11.2. The van der Waals surface area contributed by atoms with Crippen molar-refractivity contribution in [2.75, 3.05) is 18.1 Å². The fraction of sp³-hybridized carbons (Fsp3) is 0.571. The molecule has 0 spiro atoms. The van der Waals surface area contributed by atoms with Crippen molar-refractivity contribution >= 4 is 11.8 Å². The van der Waals surface area contributed by atoms with Crippen molar-refractivity contribution in [1.29, 1.82) is 0 Å². The molecule has 1 fully saturated rings. The van der Waals surface area contributed by atoms with Crippen LogP contribution in [-0.4, -0.2) is 30.5 Å². The number of ether oxygens (including phenoxy) is 1. The number of benzene rings is 1. The van der Waals surface area contributed by atoms with Gasteiger partial charge in [-0.1, -0.05) is 19.1 Å². The Kier molecular flexibility index (Phi) is 5.21. The predicted octanol–water partition coefficient (Wildman–Crippen LogP) is 3.47. The predicted molar refractivity (Wildman–Crippen MR) is 75.1 cm³/mol. The van der Waals surface area contributed by atoms with Gasteiger partial charge in [-0.2, -0.15) is 11.8 Å². The van der Waals surface area contributed by atoms with Crippen molar-refractivity contribution in [3.05, 3.63) is 29.8 Å². The molecule has 1 heterocycles. The molecular formula is C14H18F3NOS. The van der Waals surface area contributed by atoms with E-state index in [1.807, 2.05) is 11.8 Å². The first kappa shape index (κ1) is 15.5. The summed E-state index contributed by atoms with van der Waals surface area (Å²) >= 11 is 1.92. The van der Waals surface area contributed by atoms with Crippen molar-refractivity contribution < 1.29 is 17.9 Å². The number of nitrogens with one attached hydrogen (secondary N) is 1. The smallest absolute Gasteiger partial charge is 0.406 e. The maximum absolute atomic E-state index is 12.1. The highest BCUT2D eigenvalue weighted by atomic mass is 32.2. The van der Waals surface area contributed by atoms with E-state index in [4.69, 9.17) is 0 Å². The average Bonchev–Trinajstić information content (AvgIpc) is 2.78. The van der Waals surface area contributed by atoms with E-state index < -0.39 is 6.36 Å². The van der Waals surface area contributed by atoms with E-state index in [-0.39, 0.29) is 5.75 Å². The molecule has 2 atom stereocenters. The first-order chi connectivity index (χ1) is 9.48. The van der Waals surface area contributed by atoms with Crippen LogP contribution in [0.3, 0.4) is 0 Å². The minimum absolute atomic E-state index is 0.162. The van der Waals surface area contributed by atoms with Gasteiger partial charge in [-0.05, 0) is 42.3 Å². The number of halogens is 3. The van der Waals surface area contributed by atoms with Crippen LogP contribution in [0.4, 0.5) is 13.2 Å². The lowest BCUT2D eigenvalue weighted by atomic mass is 9.95. The summed E-state index contributed by atoms with van der Waals surface area (Å²) in [5.74, 6) is 2.58. The Labute approximate surface area is 121 Å². The maximum atomic E-state index is 12.1. The largest absolute Gasteiger partial charge is 0.573 e. The SMILES string of the molecule is CCNC1CSCC1Cc1ccc(OC(F)(F)F)cc1. The molecule has 1 aliphatic rings. The molecule has 1 aromatic carbocycles. The second kappa shape index (κ2) is 6.72. The number of alkyl halides is 3. The monoisotopic (exact) mass is 305 g/mol. The van der Waals surface area contributed by atoms with Gasteiger partial charge in [0.2, 0.25) is 0 Å². The van der Waals surface area contributed by atoms with E-state index in [1.165, 1.54) is 12.1 Å². The van der Waals surface area contributed by atoms with Gasteiger partial charge in [0.05, 0.1) is 0 Å². The van der Waals surface area contributed by atoms with Gasteiger partial charge >= 0.3 is 6.36 Å². The Hall–Kier alpha value is -0.880. The summed E-state index contributed by atoms with van der Waals surface area (Å²) in [6.07, 6.45) is -3.74. The van der Waals surface area contributed by atoms with Gasteiger partial charge in [-0.15, -0.1) is 13.2 Å². The normalized spacial score (nSPS) is 23.0. The minimum Gasteiger partial charge on any atom is -0.406 e. The first-order valence-electron chi connectivity index (χ1n) is 6.63. The van der Waals surface area contributed by atoms with E-state index >= 15 is 0 Å². The van der Waals surface area contributed by atoms with Gasteiger partial charge < -0.3 is 10.1 Å². The van der Waals surface area contributed by atoms with Crippen molar-refractivity contribution in [2.24, 2.45) is 5.92 Å². The van der Waals surface area contributed by atoms with Crippen LogP contribution in [0.25, 0.3) is 0 Å². The van der Waals surface area contributed by atoms with Gasteiger partial charge in [0.25, 0.3) is 0 Å². The first-order valence-corrected chi connectivity index (χ1v) is 7.79. The molecular weight excluding hydrogens is 287 g/mol. The second-order valence-corrected chi connectivity index (χ2v) is 5.93. The molecule has 6 heteroatoms. The van der Waals surface area contributed by atoms with Crippen LogP contribution in [0.1, 0.15) is 12.5 Å². The molecule has 0 amide bonds. The van der Waals surface area contributed by atoms with E-state index in [0.717, 1.165) is 30.0 Å². The molecule has 0 aliphatic carbocycles. The molecule has 2 nitrogen and oxygen atoms in total. The summed E-state index contributed by atoms with van der Waals surface area (Å²) in [7, 11) is 0. The Morgan fingerprint density at radius 1 is 1.25 bits per heavy atom. The van der Waals surface area contributed by atoms with Crippen LogP contribution < -0.4 is 10.1 Å². The average molecular weight is 305 g/mol. The third-order valence-corrected chi connectivity index (χ3v) is 4.58. The van der Waals surface area contributed by atoms with Crippen LogP contribution in [-0.2, 0) is 6.42 Å². The van der Waals surface area contributed by atoms with E-state index in [1.54, 1.807) is 12.1 Å². The van der Waals surface area contributed by atoms with Gasteiger partial charge in [0.15, 0.2) is 0 Å². The molecule has 0 bridgehead atoms. The molecule has 0 aromatic heterocycles. The molecule has 1 aromatic rings. The van der Waals surface area contributed by atoms with Crippen LogP contribution >= 0.6 is 11.8 Å². The molecule has 1 saturated heterocycles. The third-order valence-electron chi connectivity index (χ3n) is 3.32. The maximum Gasteiger partial charge on any atom is 0.573 e. The van der Waals surface area contributed by atoms with E-state index in [0.29, 0.717) is 12.0 Å². The van der Waals surface area contributed by atoms with Gasteiger partial charge in [-0.3, -0.25) is 0 Å². The molecule has 2 unspecified atom stereocenters. The van der Waals surface area contributed by atoms with Crippen molar-refractivity contribution in [3.8, 4) is 5.75 Å². The Bertz CT molecular complexity index is 421. The van der Waals surface area contributed by atoms with Gasteiger partial charge in [0, 0.05) is 11.8 Å². The van der Waals surface area contributed by atoms with Crippen molar-refractivity contribution in [1.82, 2.24) is 5.32 Å². The highest BCUT2D eigenvalue weighted by Gasteiger charge is 2.31. The van der Waals surface area contributed by atoms with Crippen LogP contribution in [0.2, 0.25) is 0 Å². The zero-order valence-corrected chi connectivity index (χ0v) is 12.1. The summed E-state index contributed by atoms with van der Waals surface area (Å²) in [5, 5.41) is 3.46. The summed E-state index contributed by atoms with van der Waals surface area (Å²) in [5.41, 5.74) is 1.05. The topological polar surface area (TPSA) is 21.3 Å². The summed E-state index contributed by atoms with van der Waals surface area (Å²) in [6.45, 7) is 3.03. The lowest BCUT2D eigenvalue weighted by Crippen LogP contribution is -2.36. The Balaban J connectivity index is 1.93. The molecule has 20 heavy (non-hydrogen) atoms. The van der Waals surface area contributed by atoms with E-state index in [2.05, 4.69) is 17.0 Å². The van der Waals surface area contributed by atoms with Crippen LogP contribution in [0.5, 0.6) is 5.75 Å². The lowest BCUT2D eigenvalue weighted by molar-refractivity contribution is -0.274. The van der Waals surface area contributed by atoms with Gasteiger partial charge in [-0.25, -0.2) is 0 Å². The zero-order chi connectivity index (χ0) is 14.6. The van der Waals surface area contributed by atoms with Crippen LogP contribution in [0.15, 0.2) is 24.3 Å². The van der Waals surface area contributed by atoms with E-state index in [9.17, 15) is 13.2 Å². The minimum atomic E-state index is -4.63. The quantitative estimate of drug-likeness (QED) is 0.900. The molecule has 112 valence electrons. The fourth-order valence-corrected chi connectivity index (χ4v) is 3.85. The molecule has 0 radical (unpaired) electrons. The molecule has 0 saturated carbocycles. The highest BCUT2D eigenvalue weighted by Crippen LogP contribution is 2.28. The van der Waals surface area contributed by atoms with Crippen molar-refractivity contribution in [3.63, 3.8) is 0 Å².